The van der Waals surface area contributed by atoms with Gasteiger partial charge in [0, 0.05) is 11.8 Å². The Bertz CT molecular complexity index is 801. The van der Waals surface area contributed by atoms with E-state index in [1.54, 1.807) is 13.2 Å². The summed E-state index contributed by atoms with van der Waals surface area (Å²) >= 11 is 0. The number of carbonyl (C=O) groups excluding carboxylic acids is 2. The van der Waals surface area contributed by atoms with Gasteiger partial charge in [0.15, 0.2) is 0 Å². The van der Waals surface area contributed by atoms with Crippen LogP contribution in [0.4, 0.5) is 11.4 Å². The second-order valence-electron chi connectivity index (χ2n) is 5.99. The molecule has 1 aliphatic rings. The first-order chi connectivity index (χ1) is 11.5. The van der Waals surface area contributed by atoms with Gasteiger partial charge >= 0.3 is 0 Å². The lowest BCUT2D eigenvalue weighted by molar-refractivity contribution is -0.121. The fraction of sp³-hybridized carbons (Fsp3) is 0.263. The molecule has 1 fully saturated rings. The Morgan fingerprint density at radius 2 is 1.92 bits per heavy atom. The Labute approximate surface area is 141 Å². The number of rotatable bonds is 4. The van der Waals surface area contributed by atoms with Crippen molar-refractivity contribution >= 4 is 23.2 Å². The molecule has 0 aliphatic carbocycles. The molecule has 0 aromatic heterocycles. The van der Waals surface area contributed by atoms with Crippen molar-refractivity contribution in [1.82, 2.24) is 0 Å². The molecule has 2 aromatic carbocycles. The van der Waals surface area contributed by atoms with E-state index in [9.17, 15) is 9.59 Å². The molecule has 0 spiro atoms. The summed E-state index contributed by atoms with van der Waals surface area (Å²) in [7, 11) is 1.59. The highest BCUT2D eigenvalue weighted by molar-refractivity contribution is 6.23. The molecular weight excluding hydrogens is 304 g/mol. The number of aryl methyl sites for hydroxylation is 2. The van der Waals surface area contributed by atoms with E-state index in [4.69, 9.17) is 4.74 Å². The first-order valence-corrected chi connectivity index (χ1v) is 7.84. The van der Waals surface area contributed by atoms with Gasteiger partial charge in [0.1, 0.15) is 11.8 Å². The molecular formula is C19H20N2O3. The molecule has 5 heteroatoms. The third-order valence-corrected chi connectivity index (χ3v) is 4.16. The van der Waals surface area contributed by atoms with Crippen molar-refractivity contribution in [2.45, 2.75) is 26.3 Å². The van der Waals surface area contributed by atoms with Gasteiger partial charge < -0.3 is 10.1 Å². The molecule has 0 unspecified atom stereocenters. The van der Waals surface area contributed by atoms with Gasteiger partial charge in [-0.1, -0.05) is 18.2 Å². The van der Waals surface area contributed by atoms with Crippen molar-refractivity contribution in [1.29, 1.82) is 0 Å². The summed E-state index contributed by atoms with van der Waals surface area (Å²) in [6, 6.07) is 12.5. The number of nitrogens with one attached hydrogen (secondary N) is 1. The quantitative estimate of drug-likeness (QED) is 0.878. The number of hydrogen-bond acceptors (Lipinski definition) is 4. The van der Waals surface area contributed by atoms with Crippen molar-refractivity contribution in [3.8, 4) is 5.75 Å². The Morgan fingerprint density at radius 3 is 2.67 bits per heavy atom. The van der Waals surface area contributed by atoms with Crippen LogP contribution in [0.15, 0.2) is 42.5 Å². The maximum atomic E-state index is 12.8. The van der Waals surface area contributed by atoms with E-state index in [1.807, 2.05) is 50.2 Å². The zero-order chi connectivity index (χ0) is 17.3. The SMILES string of the molecule is COc1cccc(N[C@H]2CC(=O)N(c3cc(C)ccc3C)C2=O)c1. The van der Waals surface area contributed by atoms with E-state index >= 15 is 0 Å². The van der Waals surface area contributed by atoms with Gasteiger partial charge in [0.25, 0.3) is 5.91 Å². The van der Waals surface area contributed by atoms with E-state index in [1.165, 1.54) is 4.90 Å². The first kappa shape index (κ1) is 16.1. The molecule has 5 nitrogen and oxygen atoms in total. The highest BCUT2D eigenvalue weighted by Crippen LogP contribution is 2.29. The van der Waals surface area contributed by atoms with Crippen molar-refractivity contribution in [2.75, 3.05) is 17.3 Å². The van der Waals surface area contributed by atoms with Crippen LogP contribution in [0.1, 0.15) is 17.5 Å². The van der Waals surface area contributed by atoms with E-state index in [0.717, 1.165) is 16.8 Å². The number of amides is 2. The lowest BCUT2D eigenvalue weighted by Crippen LogP contribution is -2.35. The Kier molecular flexibility index (Phi) is 4.25. The number of benzene rings is 2. The standard InChI is InChI=1S/C19H20N2O3/c1-12-7-8-13(2)17(9-12)21-18(22)11-16(19(21)23)20-14-5-4-6-15(10-14)24-3/h4-10,16,20H,11H2,1-3H3/t16-/m0/s1. The van der Waals surface area contributed by atoms with E-state index in [-0.39, 0.29) is 18.2 Å². The molecule has 1 N–H and O–H groups in total. The molecule has 2 amide bonds. The second-order valence-corrected chi connectivity index (χ2v) is 5.99. The smallest absolute Gasteiger partial charge is 0.256 e. The third-order valence-electron chi connectivity index (χ3n) is 4.16. The fourth-order valence-corrected chi connectivity index (χ4v) is 2.87. The monoisotopic (exact) mass is 324 g/mol. The fourth-order valence-electron chi connectivity index (χ4n) is 2.87. The molecule has 1 aliphatic heterocycles. The molecule has 0 radical (unpaired) electrons. The number of anilines is 2. The van der Waals surface area contributed by atoms with Crippen LogP contribution >= 0.6 is 0 Å². The Hall–Kier alpha value is -2.82. The summed E-state index contributed by atoms with van der Waals surface area (Å²) in [5.41, 5.74) is 3.34. The van der Waals surface area contributed by atoms with Gasteiger partial charge in [-0.2, -0.15) is 0 Å². The van der Waals surface area contributed by atoms with Gasteiger partial charge in [-0.05, 0) is 43.2 Å². The molecule has 124 valence electrons. The van der Waals surface area contributed by atoms with E-state index < -0.39 is 6.04 Å². The largest absolute Gasteiger partial charge is 0.497 e. The number of carbonyl (C=O) groups is 2. The molecule has 3 rings (SSSR count). The van der Waals surface area contributed by atoms with Gasteiger partial charge in [-0.25, -0.2) is 4.90 Å². The molecule has 2 aromatic rings. The number of methoxy groups -OCH3 is 1. The average Bonchev–Trinajstić information content (AvgIpc) is 2.84. The molecule has 1 saturated heterocycles. The Balaban J connectivity index is 1.85. The van der Waals surface area contributed by atoms with Gasteiger partial charge in [0.2, 0.25) is 5.91 Å². The van der Waals surface area contributed by atoms with Crippen LogP contribution in [0.2, 0.25) is 0 Å². The Morgan fingerprint density at radius 1 is 1.12 bits per heavy atom. The first-order valence-electron chi connectivity index (χ1n) is 7.84. The summed E-state index contributed by atoms with van der Waals surface area (Å²) in [4.78, 5) is 26.5. The highest BCUT2D eigenvalue weighted by atomic mass is 16.5. The topological polar surface area (TPSA) is 58.6 Å². The van der Waals surface area contributed by atoms with Crippen LogP contribution in [-0.4, -0.2) is 25.0 Å². The maximum Gasteiger partial charge on any atom is 0.256 e. The minimum Gasteiger partial charge on any atom is -0.497 e. The van der Waals surface area contributed by atoms with Crippen molar-refractivity contribution in [3.05, 3.63) is 53.6 Å². The average molecular weight is 324 g/mol. The van der Waals surface area contributed by atoms with Crippen molar-refractivity contribution in [2.24, 2.45) is 0 Å². The number of ether oxygens (including phenoxy) is 1. The number of imide groups is 1. The minimum absolute atomic E-state index is 0.142. The van der Waals surface area contributed by atoms with Crippen molar-refractivity contribution in [3.63, 3.8) is 0 Å². The zero-order valence-electron chi connectivity index (χ0n) is 14.0. The van der Waals surface area contributed by atoms with E-state index in [0.29, 0.717) is 11.4 Å². The number of hydrogen-bond donors (Lipinski definition) is 1. The second kappa shape index (κ2) is 6.35. The van der Waals surface area contributed by atoms with Crippen LogP contribution in [0.3, 0.4) is 0 Å². The van der Waals surface area contributed by atoms with Crippen LogP contribution in [0.5, 0.6) is 5.75 Å². The third kappa shape index (κ3) is 2.97. The number of nitrogens with zero attached hydrogens (tertiary/aromatic N) is 1. The zero-order valence-corrected chi connectivity index (χ0v) is 14.0. The summed E-state index contributed by atoms with van der Waals surface area (Å²) in [5, 5.41) is 3.14. The van der Waals surface area contributed by atoms with E-state index in [2.05, 4.69) is 5.32 Å². The summed E-state index contributed by atoms with van der Waals surface area (Å²) in [6.07, 6.45) is 0.142. The molecule has 1 heterocycles. The maximum absolute atomic E-state index is 12.8. The van der Waals surface area contributed by atoms with Crippen LogP contribution in [-0.2, 0) is 9.59 Å². The lowest BCUT2D eigenvalue weighted by atomic mass is 10.1. The normalized spacial score (nSPS) is 17.3. The van der Waals surface area contributed by atoms with Gasteiger partial charge in [-0.15, -0.1) is 0 Å². The summed E-state index contributed by atoms with van der Waals surface area (Å²) in [6.45, 7) is 3.85. The lowest BCUT2D eigenvalue weighted by Gasteiger charge is -2.19. The minimum atomic E-state index is -0.565. The van der Waals surface area contributed by atoms with Crippen LogP contribution < -0.4 is 15.0 Å². The molecule has 24 heavy (non-hydrogen) atoms. The highest BCUT2D eigenvalue weighted by Gasteiger charge is 2.40. The predicted molar refractivity (Wildman–Crippen MR) is 93.4 cm³/mol. The summed E-state index contributed by atoms with van der Waals surface area (Å²) < 4.78 is 5.18. The van der Waals surface area contributed by atoms with Gasteiger partial charge in [0.05, 0.1) is 19.2 Å². The van der Waals surface area contributed by atoms with Crippen molar-refractivity contribution < 1.29 is 14.3 Å². The molecule has 0 bridgehead atoms. The molecule has 1 atom stereocenters. The predicted octanol–water partition coefficient (Wildman–Crippen LogP) is 3.06. The molecule has 0 saturated carbocycles. The van der Waals surface area contributed by atoms with Crippen LogP contribution in [0.25, 0.3) is 0 Å². The van der Waals surface area contributed by atoms with Crippen LogP contribution in [0, 0.1) is 13.8 Å². The summed E-state index contributed by atoms with van der Waals surface area (Å²) in [5.74, 6) is 0.286. The van der Waals surface area contributed by atoms with Gasteiger partial charge in [-0.3, -0.25) is 9.59 Å².